The average Bonchev–Trinajstić information content (AvgIpc) is 3.09. The summed E-state index contributed by atoms with van der Waals surface area (Å²) in [6.45, 7) is 3.54. The normalized spacial score (nSPS) is 30.1. The van der Waals surface area contributed by atoms with E-state index in [1.165, 1.54) is 0 Å². The summed E-state index contributed by atoms with van der Waals surface area (Å²) in [5, 5.41) is 3.51. The van der Waals surface area contributed by atoms with Gasteiger partial charge >= 0.3 is 0 Å². The minimum Gasteiger partial charge on any atom is -0.379 e. The molecule has 4 heteroatoms. The van der Waals surface area contributed by atoms with Crippen LogP contribution in [0.5, 0.6) is 0 Å². The van der Waals surface area contributed by atoms with Crippen molar-refractivity contribution in [2.45, 2.75) is 44.4 Å². The summed E-state index contributed by atoms with van der Waals surface area (Å²) in [6.07, 6.45) is 2.84. The Morgan fingerprint density at radius 2 is 2.15 bits per heavy atom. The van der Waals surface area contributed by atoms with Crippen LogP contribution in [-0.2, 0) is 9.53 Å². The first-order valence-corrected chi connectivity index (χ1v) is 7.52. The number of hydrogen-bond acceptors (Lipinski definition) is 3. The molecular weight excluding hydrogens is 252 g/mol. The first kappa shape index (κ1) is 13.6. The third kappa shape index (κ3) is 2.45. The zero-order chi connectivity index (χ0) is 13.9. The van der Waals surface area contributed by atoms with E-state index in [1.54, 1.807) is 0 Å². The lowest BCUT2D eigenvalue weighted by Gasteiger charge is -2.29. The molecule has 3 unspecified atom stereocenters. The molecule has 1 aromatic rings. The number of rotatable bonds is 4. The number of hydrogen-bond donors (Lipinski definition) is 1. The maximum atomic E-state index is 12.7. The number of carbonyl (C=O) groups excluding carboxylic acids is 1. The van der Waals surface area contributed by atoms with Gasteiger partial charge in [-0.3, -0.25) is 10.1 Å². The zero-order valence-electron chi connectivity index (χ0n) is 11.9. The first-order chi connectivity index (χ1) is 9.81. The van der Waals surface area contributed by atoms with E-state index in [2.05, 4.69) is 24.4 Å². The van der Waals surface area contributed by atoms with Crippen molar-refractivity contribution in [1.29, 1.82) is 0 Å². The standard InChI is InChI=1S/C16H22N2O2/c1-2-6-14-16(19)18(13-9-10-20-11-13)15(17-14)12-7-4-3-5-8-12/h3-5,7-8,13-15,17H,2,6,9-11H2,1H3. The van der Waals surface area contributed by atoms with Gasteiger partial charge < -0.3 is 9.64 Å². The Morgan fingerprint density at radius 1 is 1.35 bits per heavy atom. The highest BCUT2D eigenvalue weighted by molar-refractivity contribution is 5.85. The molecule has 2 fully saturated rings. The molecule has 2 saturated heterocycles. The van der Waals surface area contributed by atoms with Gasteiger partial charge in [-0.1, -0.05) is 43.7 Å². The van der Waals surface area contributed by atoms with Crippen LogP contribution in [0.1, 0.15) is 37.9 Å². The summed E-state index contributed by atoms with van der Waals surface area (Å²) in [7, 11) is 0. The molecule has 3 atom stereocenters. The predicted octanol–water partition coefficient (Wildman–Crippen LogP) is 2.07. The van der Waals surface area contributed by atoms with E-state index in [1.807, 2.05) is 23.1 Å². The maximum absolute atomic E-state index is 12.7. The summed E-state index contributed by atoms with van der Waals surface area (Å²) in [6, 6.07) is 10.4. The Morgan fingerprint density at radius 3 is 2.80 bits per heavy atom. The second kappa shape index (κ2) is 5.94. The van der Waals surface area contributed by atoms with Crippen molar-refractivity contribution in [3.8, 4) is 0 Å². The summed E-state index contributed by atoms with van der Waals surface area (Å²) < 4.78 is 5.48. The van der Waals surface area contributed by atoms with E-state index in [0.29, 0.717) is 6.61 Å². The highest BCUT2D eigenvalue weighted by Gasteiger charge is 2.43. The molecule has 1 amide bonds. The van der Waals surface area contributed by atoms with Crippen molar-refractivity contribution in [2.24, 2.45) is 0 Å². The van der Waals surface area contributed by atoms with Crippen molar-refractivity contribution in [2.75, 3.05) is 13.2 Å². The average molecular weight is 274 g/mol. The second-order valence-electron chi connectivity index (χ2n) is 5.58. The van der Waals surface area contributed by atoms with Gasteiger partial charge in [0, 0.05) is 6.61 Å². The fourth-order valence-electron chi connectivity index (χ4n) is 3.17. The van der Waals surface area contributed by atoms with Gasteiger partial charge in [0.1, 0.15) is 6.17 Å². The third-order valence-corrected chi connectivity index (χ3v) is 4.18. The predicted molar refractivity (Wildman–Crippen MR) is 77.1 cm³/mol. The first-order valence-electron chi connectivity index (χ1n) is 7.52. The van der Waals surface area contributed by atoms with Crippen LogP contribution in [0.4, 0.5) is 0 Å². The van der Waals surface area contributed by atoms with Crippen molar-refractivity contribution >= 4 is 5.91 Å². The molecule has 0 radical (unpaired) electrons. The molecule has 4 nitrogen and oxygen atoms in total. The number of ether oxygens (including phenoxy) is 1. The van der Waals surface area contributed by atoms with E-state index < -0.39 is 0 Å². The highest BCUT2D eigenvalue weighted by atomic mass is 16.5. The van der Waals surface area contributed by atoms with Crippen molar-refractivity contribution in [3.05, 3.63) is 35.9 Å². The van der Waals surface area contributed by atoms with Gasteiger partial charge in [-0.25, -0.2) is 0 Å². The summed E-state index contributed by atoms with van der Waals surface area (Å²) >= 11 is 0. The molecule has 0 bridgehead atoms. The van der Waals surface area contributed by atoms with Gasteiger partial charge in [-0.15, -0.1) is 0 Å². The van der Waals surface area contributed by atoms with Crippen LogP contribution in [0, 0.1) is 0 Å². The number of nitrogens with zero attached hydrogens (tertiary/aromatic N) is 1. The number of amides is 1. The molecule has 1 aromatic carbocycles. The Bertz CT molecular complexity index is 457. The number of nitrogens with one attached hydrogen (secondary N) is 1. The van der Waals surface area contributed by atoms with E-state index in [-0.39, 0.29) is 24.2 Å². The molecule has 0 saturated carbocycles. The fourth-order valence-corrected chi connectivity index (χ4v) is 3.17. The maximum Gasteiger partial charge on any atom is 0.241 e. The summed E-state index contributed by atoms with van der Waals surface area (Å²) in [5.74, 6) is 0.233. The van der Waals surface area contributed by atoms with Crippen molar-refractivity contribution in [3.63, 3.8) is 0 Å². The Labute approximate surface area is 120 Å². The quantitative estimate of drug-likeness (QED) is 0.914. The lowest BCUT2D eigenvalue weighted by molar-refractivity contribution is -0.132. The molecule has 2 aliphatic heterocycles. The Hall–Kier alpha value is -1.39. The van der Waals surface area contributed by atoms with Gasteiger partial charge in [-0.05, 0) is 18.4 Å². The summed E-state index contributed by atoms with van der Waals surface area (Å²) in [5.41, 5.74) is 1.16. The molecule has 2 heterocycles. The number of carbonyl (C=O) groups is 1. The molecule has 0 spiro atoms. The van der Waals surface area contributed by atoms with Gasteiger partial charge in [0.05, 0.1) is 18.7 Å². The minimum absolute atomic E-state index is 0.00745. The van der Waals surface area contributed by atoms with Gasteiger partial charge in [0.2, 0.25) is 5.91 Å². The van der Waals surface area contributed by atoms with E-state index in [0.717, 1.165) is 31.4 Å². The smallest absolute Gasteiger partial charge is 0.241 e. The van der Waals surface area contributed by atoms with E-state index in [9.17, 15) is 4.79 Å². The van der Waals surface area contributed by atoms with E-state index in [4.69, 9.17) is 4.74 Å². The van der Waals surface area contributed by atoms with Crippen molar-refractivity contribution < 1.29 is 9.53 Å². The largest absolute Gasteiger partial charge is 0.379 e. The molecule has 2 aliphatic rings. The van der Waals surface area contributed by atoms with Crippen LogP contribution >= 0.6 is 0 Å². The molecule has 0 aromatic heterocycles. The van der Waals surface area contributed by atoms with Crippen LogP contribution in [0.25, 0.3) is 0 Å². The monoisotopic (exact) mass is 274 g/mol. The van der Waals surface area contributed by atoms with Crippen molar-refractivity contribution in [1.82, 2.24) is 10.2 Å². The van der Waals surface area contributed by atoms with Crippen LogP contribution in [-0.4, -0.2) is 36.1 Å². The van der Waals surface area contributed by atoms with Crippen LogP contribution in [0.15, 0.2) is 30.3 Å². The lowest BCUT2D eigenvalue weighted by Crippen LogP contribution is -2.40. The van der Waals surface area contributed by atoms with Crippen LogP contribution in [0.2, 0.25) is 0 Å². The number of benzene rings is 1. The molecule has 1 N–H and O–H groups in total. The van der Waals surface area contributed by atoms with Crippen LogP contribution in [0.3, 0.4) is 0 Å². The van der Waals surface area contributed by atoms with Crippen LogP contribution < -0.4 is 5.32 Å². The lowest BCUT2D eigenvalue weighted by atomic mass is 10.1. The molecule has 108 valence electrons. The topological polar surface area (TPSA) is 41.6 Å². The molecule has 3 rings (SSSR count). The van der Waals surface area contributed by atoms with Gasteiger partial charge in [-0.2, -0.15) is 0 Å². The second-order valence-corrected chi connectivity index (χ2v) is 5.58. The Balaban J connectivity index is 1.87. The van der Waals surface area contributed by atoms with Gasteiger partial charge in [0.15, 0.2) is 0 Å². The highest BCUT2D eigenvalue weighted by Crippen LogP contribution is 2.31. The SMILES string of the molecule is CCCC1NC(c2ccccc2)N(C2CCOC2)C1=O. The van der Waals surface area contributed by atoms with Gasteiger partial charge in [0.25, 0.3) is 0 Å². The zero-order valence-corrected chi connectivity index (χ0v) is 11.9. The minimum atomic E-state index is -0.0502. The molecule has 0 aliphatic carbocycles. The fraction of sp³-hybridized carbons (Fsp3) is 0.562. The summed E-state index contributed by atoms with van der Waals surface area (Å²) in [4.78, 5) is 14.7. The Kier molecular flexibility index (Phi) is 4.03. The third-order valence-electron chi connectivity index (χ3n) is 4.18. The molecular formula is C16H22N2O2. The van der Waals surface area contributed by atoms with E-state index >= 15 is 0 Å². The molecule has 20 heavy (non-hydrogen) atoms.